The SMILES string of the molecule is Cl.O=C(Nc1ncsc1-c1ccccc1)OC1CCN2CCC1C2. The molecule has 1 N–H and O–H groups in total. The summed E-state index contributed by atoms with van der Waals surface area (Å²) >= 11 is 1.51. The highest BCUT2D eigenvalue weighted by Crippen LogP contribution is 2.32. The molecule has 2 aliphatic heterocycles. The highest BCUT2D eigenvalue weighted by molar-refractivity contribution is 7.13. The Kier molecular flexibility index (Phi) is 5.38. The smallest absolute Gasteiger partial charge is 0.413 e. The third kappa shape index (κ3) is 3.55. The Morgan fingerprint density at radius 1 is 1.25 bits per heavy atom. The Morgan fingerprint density at radius 3 is 2.88 bits per heavy atom. The van der Waals surface area contributed by atoms with Crippen LogP contribution in [-0.2, 0) is 4.74 Å². The maximum Gasteiger partial charge on any atom is 0.413 e. The summed E-state index contributed by atoms with van der Waals surface area (Å²) in [5, 5.41) is 2.82. The minimum absolute atomic E-state index is 0. The lowest BCUT2D eigenvalue weighted by molar-refractivity contribution is 0.0462. The molecule has 24 heavy (non-hydrogen) atoms. The molecule has 1 aromatic heterocycles. The molecule has 2 saturated heterocycles. The first-order valence-electron chi connectivity index (χ1n) is 7.98. The number of anilines is 1. The second-order valence-corrected chi connectivity index (χ2v) is 6.96. The fourth-order valence-corrected chi connectivity index (χ4v) is 4.21. The van der Waals surface area contributed by atoms with Gasteiger partial charge in [0.25, 0.3) is 0 Å². The molecule has 2 bridgehead atoms. The van der Waals surface area contributed by atoms with E-state index in [0.717, 1.165) is 42.9 Å². The Hall–Kier alpha value is -1.63. The standard InChI is InChI=1S/C17H19N3O2S.ClH/c21-17(22-14-7-9-20-8-6-13(14)10-20)19-16-15(23-11-18-16)12-4-2-1-3-5-12;/h1-5,11,13-14H,6-10H2,(H,19,21);1H. The van der Waals surface area contributed by atoms with Crippen LogP contribution in [0.2, 0.25) is 0 Å². The summed E-state index contributed by atoms with van der Waals surface area (Å²) in [6.45, 7) is 3.22. The molecule has 3 unspecified atom stereocenters. The number of fused-ring (bicyclic) bond motifs is 2. The van der Waals surface area contributed by atoms with E-state index in [2.05, 4.69) is 15.2 Å². The van der Waals surface area contributed by atoms with Crippen molar-refractivity contribution in [3.8, 4) is 10.4 Å². The number of rotatable bonds is 3. The van der Waals surface area contributed by atoms with Crippen LogP contribution in [0.4, 0.5) is 10.6 Å². The quantitative estimate of drug-likeness (QED) is 0.896. The van der Waals surface area contributed by atoms with Crippen LogP contribution in [0, 0.1) is 5.92 Å². The molecular weight excluding hydrogens is 346 g/mol. The number of halogens is 1. The van der Waals surface area contributed by atoms with Gasteiger partial charge in [-0.15, -0.1) is 23.7 Å². The molecular formula is C17H20ClN3O2S. The minimum atomic E-state index is -0.390. The topological polar surface area (TPSA) is 54.5 Å². The van der Waals surface area contributed by atoms with Crippen molar-refractivity contribution in [3.63, 3.8) is 0 Å². The summed E-state index contributed by atoms with van der Waals surface area (Å²) < 4.78 is 5.67. The average Bonchev–Trinajstić information content (AvgIpc) is 3.18. The lowest BCUT2D eigenvalue weighted by Gasteiger charge is -2.29. The first-order chi connectivity index (χ1) is 11.3. The summed E-state index contributed by atoms with van der Waals surface area (Å²) in [5.41, 5.74) is 2.79. The van der Waals surface area contributed by atoms with Crippen LogP contribution >= 0.6 is 23.7 Å². The summed E-state index contributed by atoms with van der Waals surface area (Å²) in [4.78, 5) is 19.9. The molecule has 0 aliphatic carbocycles. The van der Waals surface area contributed by atoms with Gasteiger partial charge in [-0.3, -0.25) is 5.32 Å². The van der Waals surface area contributed by atoms with E-state index in [4.69, 9.17) is 4.74 Å². The van der Waals surface area contributed by atoms with Gasteiger partial charge < -0.3 is 9.64 Å². The zero-order valence-corrected chi connectivity index (χ0v) is 14.8. The molecule has 7 heteroatoms. The van der Waals surface area contributed by atoms with Gasteiger partial charge in [-0.1, -0.05) is 30.3 Å². The van der Waals surface area contributed by atoms with Gasteiger partial charge in [-0.25, -0.2) is 9.78 Å². The second kappa shape index (κ2) is 7.51. The van der Waals surface area contributed by atoms with Crippen LogP contribution < -0.4 is 5.32 Å². The predicted molar refractivity (Wildman–Crippen MR) is 97.9 cm³/mol. The van der Waals surface area contributed by atoms with Gasteiger partial charge in [0, 0.05) is 19.0 Å². The molecule has 0 saturated carbocycles. The number of hydrogen-bond acceptors (Lipinski definition) is 5. The largest absolute Gasteiger partial charge is 0.446 e. The van der Waals surface area contributed by atoms with E-state index in [-0.39, 0.29) is 18.5 Å². The molecule has 128 valence electrons. The van der Waals surface area contributed by atoms with Gasteiger partial charge in [0.15, 0.2) is 5.82 Å². The number of benzene rings is 1. The zero-order valence-electron chi connectivity index (χ0n) is 13.2. The average molecular weight is 366 g/mol. The van der Waals surface area contributed by atoms with Crippen molar-refractivity contribution in [1.82, 2.24) is 9.88 Å². The number of piperidine rings is 1. The number of nitrogens with zero attached hydrogens (tertiary/aromatic N) is 2. The van der Waals surface area contributed by atoms with Gasteiger partial charge in [0.05, 0.1) is 10.4 Å². The maximum atomic E-state index is 12.3. The number of ether oxygens (including phenoxy) is 1. The van der Waals surface area contributed by atoms with Crippen LogP contribution in [0.1, 0.15) is 12.8 Å². The van der Waals surface area contributed by atoms with E-state index in [0.29, 0.717) is 11.7 Å². The van der Waals surface area contributed by atoms with E-state index in [1.54, 1.807) is 5.51 Å². The van der Waals surface area contributed by atoms with Crippen LogP contribution in [0.5, 0.6) is 0 Å². The van der Waals surface area contributed by atoms with Crippen molar-refractivity contribution < 1.29 is 9.53 Å². The molecule has 3 heterocycles. The molecule has 4 rings (SSSR count). The number of amides is 1. The normalized spacial score (nSPS) is 24.9. The first kappa shape index (κ1) is 17.2. The maximum absolute atomic E-state index is 12.3. The van der Waals surface area contributed by atoms with Crippen LogP contribution in [-0.4, -0.2) is 41.7 Å². The summed E-state index contributed by atoms with van der Waals surface area (Å²) in [7, 11) is 0. The van der Waals surface area contributed by atoms with Crippen molar-refractivity contribution in [3.05, 3.63) is 35.8 Å². The molecule has 2 aliphatic rings. The molecule has 0 radical (unpaired) electrons. The predicted octanol–water partition coefficient (Wildman–Crippen LogP) is 3.87. The summed E-state index contributed by atoms with van der Waals surface area (Å²) in [6.07, 6.45) is 1.70. The van der Waals surface area contributed by atoms with Crippen LogP contribution in [0.15, 0.2) is 35.8 Å². The molecule has 2 aromatic rings. The number of carbonyl (C=O) groups is 1. The fourth-order valence-electron chi connectivity index (χ4n) is 3.46. The van der Waals surface area contributed by atoms with E-state index >= 15 is 0 Å². The highest BCUT2D eigenvalue weighted by atomic mass is 35.5. The van der Waals surface area contributed by atoms with Crippen LogP contribution in [0.3, 0.4) is 0 Å². The van der Waals surface area contributed by atoms with Crippen molar-refractivity contribution in [2.45, 2.75) is 18.9 Å². The minimum Gasteiger partial charge on any atom is -0.446 e. The number of nitrogens with one attached hydrogen (secondary N) is 1. The highest BCUT2D eigenvalue weighted by Gasteiger charge is 2.36. The van der Waals surface area contributed by atoms with Crippen molar-refractivity contribution in [2.24, 2.45) is 5.92 Å². The Labute approximate surface area is 151 Å². The van der Waals surface area contributed by atoms with Crippen molar-refractivity contribution >= 4 is 35.7 Å². The Bertz CT molecular complexity index is 694. The van der Waals surface area contributed by atoms with E-state index in [1.165, 1.54) is 11.3 Å². The number of hydrogen-bond donors (Lipinski definition) is 1. The molecule has 1 amide bonds. The third-order valence-corrected chi connectivity index (χ3v) is 5.52. The van der Waals surface area contributed by atoms with E-state index in [9.17, 15) is 4.79 Å². The lowest BCUT2D eigenvalue weighted by atomic mass is 9.97. The number of thiazole rings is 1. The zero-order chi connectivity index (χ0) is 15.6. The first-order valence-corrected chi connectivity index (χ1v) is 8.86. The summed E-state index contributed by atoms with van der Waals surface area (Å²) in [6, 6.07) is 9.95. The van der Waals surface area contributed by atoms with Gasteiger partial charge in [-0.05, 0) is 24.9 Å². The Balaban J connectivity index is 0.00000169. The van der Waals surface area contributed by atoms with Crippen LogP contribution in [0.25, 0.3) is 10.4 Å². The lowest BCUT2D eigenvalue weighted by Crippen LogP contribution is -2.38. The van der Waals surface area contributed by atoms with Gasteiger partial charge in [-0.2, -0.15) is 0 Å². The number of aromatic nitrogens is 1. The molecule has 5 nitrogen and oxygen atoms in total. The van der Waals surface area contributed by atoms with Gasteiger partial charge in [0.1, 0.15) is 6.10 Å². The van der Waals surface area contributed by atoms with E-state index < -0.39 is 6.09 Å². The molecule has 0 spiro atoms. The fraction of sp³-hybridized carbons (Fsp3) is 0.412. The number of carbonyl (C=O) groups excluding carboxylic acids is 1. The Morgan fingerprint density at radius 2 is 2.04 bits per heavy atom. The van der Waals surface area contributed by atoms with Gasteiger partial charge >= 0.3 is 6.09 Å². The van der Waals surface area contributed by atoms with Gasteiger partial charge in [0.2, 0.25) is 0 Å². The molecule has 2 fully saturated rings. The summed E-state index contributed by atoms with van der Waals surface area (Å²) in [5.74, 6) is 1.06. The monoisotopic (exact) mass is 365 g/mol. The third-order valence-electron chi connectivity index (χ3n) is 4.65. The van der Waals surface area contributed by atoms with E-state index in [1.807, 2.05) is 30.3 Å². The van der Waals surface area contributed by atoms with Crippen molar-refractivity contribution in [1.29, 1.82) is 0 Å². The van der Waals surface area contributed by atoms with Crippen molar-refractivity contribution in [2.75, 3.05) is 25.0 Å². The molecule has 1 aromatic carbocycles. The second-order valence-electron chi connectivity index (χ2n) is 6.10. The molecule has 3 atom stereocenters.